The molecule has 0 aromatic heterocycles. The molecule has 0 N–H and O–H groups in total. The van der Waals surface area contributed by atoms with Gasteiger partial charge >= 0.3 is 0 Å². The minimum Gasteiger partial charge on any atom is -0.484 e. The minimum atomic E-state index is -0.847. The predicted octanol–water partition coefficient (Wildman–Crippen LogP) is 2.40. The number of halogens is 1. The fourth-order valence-electron chi connectivity index (χ4n) is 2.34. The summed E-state index contributed by atoms with van der Waals surface area (Å²) < 4.78 is 17.3. The third-order valence-corrected chi connectivity index (χ3v) is 6.16. The molecular weight excluding hydrogens is 310 g/mol. The normalized spacial score (nSPS) is 25.7. The molecule has 0 unspecified atom stereocenters. The monoisotopic (exact) mass is 329 g/mol. The van der Waals surface area contributed by atoms with Crippen molar-refractivity contribution in [3.05, 3.63) is 28.8 Å². The van der Waals surface area contributed by atoms with E-state index in [0.717, 1.165) is 5.56 Å². The van der Waals surface area contributed by atoms with Crippen LogP contribution < -0.4 is 4.74 Å². The van der Waals surface area contributed by atoms with E-state index in [1.807, 2.05) is 26.8 Å². The summed E-state index contributed by atoms with van der Waals surface area (Å²) in [6.07, 6.45) is 0. The highest BCUT2D eigenvalue weighted by Crippen LogP contribution is 2.21. The first-order chi connectivity index (χ1) is 9.90. The molecule has 1 amide bonds. The van der Waals surface area contributed by atoms with Crippen LogP contribution in [0.1, 0.15) is 19.4 Å². The van der Waals surface area contributed by atoms with Crippen LogP contribution in [0.15, 0.2) is 18.2 Å². The molecule has 1 aliphatic rings. The zero-order valence-corrected chi connectivity index (χ0v) is 14.0. The van der Waals surface area contributed by atoms with Gasteiger partial charge in [0.15, 0.2) is 6.61 Å². The molecule has 1 aliphatic heterocycles. The Labute approximate surface area is 132 Å². The van der Waals surface area contributed by atoms with E-state index < -0.39 is 10.8 Å². The maximum Gasteiger partial charge on any atom is 0.260 e. The van der Waals surface area contributed by atoms with Crippen LogP contribution in [0.5, 0.6) is 5.75 Å². The molecule has 0 bridgehead atoms. The van der Waals surface area contributed by atoms with Gasteiger partial charge in [0.25, 0.3) is 5.91 Å². The molecule has 1 saturated heterocycles. The summed E-state index contributed by atoms with van der Waals surface area (Å²) in [4.78, 5) is 14.0. The third-order valence-electron chi connectivity index (χ3n) is 3.93. The second kappa shape index (κ2) is 6.79. The molecular formula is C15H20ClNO3S. The van der Waals surface area contributed by atoms with Crippen LogP contribution in [0.3, 0.4) is 0 Å². The fourth-order valence-corrected chi connectivity index (χ4v) is 3.79. The quantitative estimate of drug-likeness (QED) is 0.855. The van der Waals surface area contributed by atoms with Gasteiger partial charge in [-0.15, -0.1) is 0 Å². The summed E-state index contributed by atoms with van der Waals surface area (Å²) in [7, 11) is -0.847. The lowest BCUT2D eigenvalue weighted by molar-refractivity contribution is -0.135. The molecule has 116 valence electrons. The molecule has 0 spiro atoms. The van der Waals surface area contributed by atoms with Crippen LogP contribution in [-0.2, 0) is 15.6 Å². The van der Waals surface area contributed by atoms with E-state index in [0.29, 0.717) is 23.1 Å². The summed E-state index contributed by atoms with van der Waals surface area (Å²) in [6.45, 7) is 6.27. The number of ether oxygens (including phenoxy) is 1. The van der Waals surface area contributed by atoms with Crippen molar-refractivity contribution >= 4 is 28.3 Å². The lowest BCUT2D eigenvalue weighted by atomic mass is 10.2. The van der Waals surface area contributed by atoms with Crippen LogP contribution in [0.4, 0.5) is 0 Å². The van der Waals surface area contributed by atoms with Crippen molar-refractivity contribution in [2.75, 3.05) is 18.9 Å². The fraction of sp³-hybridized carbons (Fsp3) is 0.533. The number of nitrogens with zero attached hydrogens (tertiary/aromatic N) is 1. The van der Waals surface area contributed by atoms with Gasteiger partial charge in [-0.05, 0) is 44.5 Å². The van der Waals surface area contributed by atoms with Gasteiger partial charge < -0.3 is 9.64 Å². The first kappa shape index (κ1) is 16.3. The highest BCUT2D eigenvalue weighted by atomic mass is 35.5. The van der Waals surface area contributed by atoms with Gasteiger partial charge in [0.2, 0.25) is 0 Å². The Morgan fingerprint density at radius 2 is 2.19 bits per heavy atom. The minimum absolute atomic E-state index is 0.000441. The molecule has 0 radical (unpaired) electrons. The second-order valence-corrected chi connectivity index (χ2v) is 7.64. The SMILES string of the molecule is Cc1cc(OCC(=O)N2CC[S@](=O)[C@H](C)[C@H]2C)ccc1Cl. The average Bonchev–Trinajstić information content (AvgIpc) is 2.46. The summed E-state index contributed by atoms with van der Waals surface area (Å²) in [5.74, 6) is 1.10. The molecule has 3 atom stereocenters. The van der Waals surface area contributed by atoms with Crippen LogP contribution in [0.25, 0.3) is 0 Å². The van der Waals surface area contributed by atoms with E-state index in [1.165, 1.54) is 0 Å². The van der Waals surface area contributed by atoms with E-state index in [1.54, 1.807) is 17.0 Å². The van der Waals surface area contributed by atoms with Crippen LogP contribution in [0, 0.1) is 6.92 Å². The molecule has 6 heteroatoms. The predicted molar refractivity (Wildman–Crippen MR) is 85.3 cm³/mol. The molecule has 1 aromatic carbocycles. The number of carbonyl (C=O) groups excluding carboxylic acids is 1. The summed E-state index contributed by atoms with van der Waals surface area (Å²) in [5, 5.41) is 0.676. The zero-order chi connectivity index (χ0) is 15.6. The lowest BCUT2D eigenvalue weighted by Gasteiger charge is -2.37. The largest absolute Gasteiger partial charge is 0.484 e. The summed E-state index contributed by atoms with van der Waals surface area (Å²) in [5.41, 5.74) is 0.914. The Bertz CT molecular complexity index is 564. The number of hydrogen-bond acceptors (Lipinski definition) is 3. The molecule has 4 nitrogen and oxygen atoms in total. The second-order valence-electron chi connectivity index (χ2n) is 5.32. The van der Waals surface area contributed by atoms with Crippen molar-refractivity contribution < 1.29 is 13.7 Å². The Kier molecular flexibility index (Phi) is 5.27. The number of benzene rings is 1. The topological polar surface area (TPSA) is 46.6 Å². The lowest BCUT2D eigenvalue weighted by Crippen LogP contribution is -2.53. The third kappa shape index (κ3) is 3.77. The van der Waals surface area contributed by atoms with Crippen molar-refractivity contribution in [1.29, 1.82) is 0 Å². The number of rotatable bonds is 3. The Morgan fingerprint density at radius 3 is 2.86 bits per heavy atom. The average molecular weight is 330 g/mol. The van der Waals surface area contributed by atoms with Gasteiger partial charge in [0, 0.05) is 34.2 Å². The molecule has 1 fully saturated rings. The standard InChI is InChI=1S/C15H20ClNO3S/c1-10-8-13(4-5-14(10)16)20-9-15(18)17-6-7-21(19)12(3)11(17)2/h4-5,8,11-12H,6-7,9H2,1-3H3/t11-,12-,21+/m1/s1. The van der Waals surface area contributed by atoms with Crippen molar-refractivity contribution in [1.82, 2.24) is 4.90 Å². The van der Waals surface area contributed by atoms with Gasteiger partial charge in [-0.1, -0.05) is 11.6 Å². The Hall–Kier alpha value is -1.07. The summed E-state index contributed by atoms with van der Waals surface area (Å²) >= 11 is 5.95. The van der Waals surface area contributed by atoms with Gasteiger partial charge in [0.05, 0.1) is 5.25 Å². The van der Waals surface area contributed by atoms with E-state index in [-0.39, 0.29) is 23.8 Å². The van der Waals surface area contributed by atoms with Crippen LogP contribution in [-0.4, -0.2) is 45.2 Å². The molecule has 1 aromatic rings. The number of amides is 1. The maximum absolute atomic E-state index is 12.3. The van der Waals surface area contributed by atoms with Gasteiger partial charge in [-0.3, -0.25) is 9.00 Å². The molecule has 1 heterocycles. The van der Waals surface area contributed by atoms with Crippen molar-refractivity contribution in [2.24, 2.45) is 0 Å². The molecule has 0 aliphatic carbocycles. The van der Waals surface area contributed by atoms with E-state index in [9.17, 15) is 9.00 Å². The van der Waals surface area contributed by atoms with E-state index in [2.05, 4.69) is 0 Å². The van der Waals surface area contributed by atoms with Gasteiger partial charge in [-0.2, -0.15) is 0 Å². The molecule has 0 saturated carbocycles. The first-order valence-corrected chi connectivity index (χ1v) is 8.71. The number of aryl methyl sites for hydroxylation is 1. The highest BCUT2D eigenvalue weighted by Gasteiger charge is 2.32. The number of hydrogen-bond donors (Lipinski definition) is 0. The highest BCUT2D eigenvalue weighted by molar-refractivity contribution is 7.85. The first-order valence-electron chi connectivity index (χ1n) is 6.95. The number of carbonyl (C=O) groups is 1. The molecule has 21 heavy (non-hydrogen) atoms. The van der Waals surface area contributed by atoms with E-state index in [4.69, 9.17) is 16.3 Å². The van der Waals surface area contributed by atoms with Gasteiger partial charge in [0.1, 0.15) is 5.75 Å². The summed E-state index contributed by atoms with van der Waals surface area (Å²) in [6, 6.07) is 5.29. The van der Waals surface area contributed by atoms with Gasteiger partial charge in [-0.25, -0.2) is 0 Å². The van der Waals surface area contributed by atoms with Crippen molar-refractivity contribution in [3.63, 3.8) is 0 Å². The van der Waals surface area contributed by atoms with E-state index >= 15 is 0 Å². The Balaban J connectivity index is 1.95. The smallest absolute Gasteiger partial charge is 0.260 e. The maximum atomic E-state index is 12.3. The Morgan fingerprint density at radius 1 is 1.48 bits per heavy atom. The van der Waals surface area contributed by atoms with Crippen LogP contribution >= 0.6 is 11.6 Å². The van der Waals surface area contributed by atoms with Crippen molar-refractivity contribution in [3.8, 4) is 5.75 Å². The van der Waals surface area contributed by atoms with Crippen molar-refractivity contribution in [2.45, 2.75) is 32.1 Å². The zero-order valence-electron chi connectivity index (χ0n) is 12.5. The molecule has 2 rings (SSSR count). The van der Waals surface area contributed by atoms with Crippen LogP contribution in [0.2, 0.25) is 5.02 Å².